The Morgan fingerprint density at radius 1 is 0.848 bits per heavy atom. The molecule has 182 valence electrons. The minimum atomic E-state index is -1.87. The number of ether oxygens (including phenoxy) is 6. The van der Waals surface area contributed by atoms with E-state index in [9.17, 15) is 4.79 Å². The number of hydrogen-bond donors (Lipinski definition) is 0. The van der Waals surface area contributed by atoms with Crippen LogP contribution in [0.4, 0.5) is 0 Å². The fourth-order valence-corrected chi connectivity index (χ4v) is 3.62. The van der Waals surface area contributed by atoms with E-state index in [1.165, 1.54) is 21.3 Å². The van der Waals surface area contributed by atoms with Crippen LogP contribution in [-0.4, -0.2) is 55.8 Å². The quantitative estimate of drug-likeness (QED) is 0.209. The maximum absolute atomic E-state index is 13.6. The van der Waals surface area contributed by atoms with Gasteiger partial charge in [0.15, 0.2) is 40.2 Å². The van der Waals surface area contributed by atoms with Crippen molar-refractivity contribution in [3.63, 3.8) is 0 Å². The standard InChI is InChI=1S/C24H34O8Si/c1-7-33(5,6)32-14-19-13-20(29-15-26-2)21(22(25)18-11-9-8-10-12-18)24(31-17-28-4)23(19)30-16-27-3/h8-13H,7,14-17H2,1-6H3. The summed E-state index contributed by atoms with van der Waals surface area (Å²) in [6, 6.07) is 11.6. The predicted molar refractivity (Wildman–Crippen MR) is 127 cm³/mol. The summed E-state index contributed by atoms with van der Waals surface area (Å²) >= 11 is 0. The SMILES string of the molecule is CC[Si](C)(C)OCc1cc(OCOC)c(C(=O)c2ccccc2)c(OCOC)c1OCOC. The third kappa shape index (κ3) is 7.55. The van der Waals surface area contributed by atoms with E-state index >= 15 is 0 Å². The average molecular weight is 479 g/mol. The van der Waals surface area contributed by atoms with Gasteiger partial charge in [0.1, 0.15) is 11.3 Å². The van der Waals surface area contributed by atoms with Crippen LogP contribution in [-0.2, 0) is 25.2 Å². The Hall–Kier alpha value is -2.43. The topological polar surface area (TPSA) is 81.7 Å². The van der Waals surface area contributed by atoms with Crippen molar-refractivity contribution in [2.45, 2.75) is 32.7 Å². The third-order valence-electron chi connectivity index (χ3n) is 4.98. The first-order valence-corrected chi connectivity index (χ1v) is 13.8. The van der Waals surface area contributed by atoms with E-state index in [0.29, 0.717) is 22.6 Å². The monoisotopic (exact) mass is 478 g/mol. The lowest BCUT2D eigenvalue weighted by Crippen LogP contribution is -2.28. The van der Waals surface area contributed by atoms with Gasteiger partial charge in [0.25, 0.3) is 0 Å². The van der Waals surface area contributed by atoms with E-state index in [1.54, 1.807) is 30.3 Å². The molecule has 0 aromatic heterocycles. The van der Waals surface area contributed by atoms with Gasteiger partial charge in [0, 0.05) is 32.5 Å². The highest BCUT2D eigenvalue weighted by Gasteiger charge is 2.29. The van der Waals surface area contributed by atoms with Crippen LogP contribution in [0.2, 0.25) is 19.1 Å². The summed E-state index contributed by atoms with van der Waals surface area (Å²) in [4.78, 5) is 13.6. The molecule has 0 saturated heterocycles. The number of carbonyl (C=O) groups is 1. The first kappa shape index (κ1) is 26.8. The molecule has 0 radical (unpaired) electrons. The normalized spacial score (nSPS) is 11.3. The van der Waals surface area contributed by atoms with Crippen LogP contribution in [0.15, 0.2) is 36.4 Å². The first-order chi connectivity index (χ1) is 15.9. The van der Waals surface area contributed by atoms with Gasteiger partial charge in [0.05, 0.1) is 6.61 Å². The molecule has 0 bridgehead atoms. The van der Waals surface area contributed by atoms with Gasteiger partial charge in [-0.15, -0.1) is 0 Å². The molecule has 2 rings (SSSR count). The Balaban J connectivity index is 2.70. The molecule has 0 N–H and O–H groups in total. The van der Waals surface area contributed by atoms with Crippen LogP contribution in [0.1, 0.15) is 28.4 Å². The Morgan fingerprint density at radius 3 is 2.00 bits per heavy atom. The zero-order valence-electron chi connectivity index (χ0n) is 20.3. The summed E-state index contributed by atoms with van der Waals surface area (Å²) in [6.45, 7) is 6.47. The number of carbonyl (C=O) groups excluding carboxylic acids is 1. The van der Waals surface area contributed by atoms with Gasteiger partial charge < -0.3 is 32.8 Å². The summed E-state index contributed by atoms with van der Waals surface area (Å²) in [5.41, 5.74) is 1.35. The van der Waals surface area contributed by atoms with Crippen LogP contribution in [0.25, 0.3) is 0 Å². The molecule has 0 heterocycles. The van der Waals surface area contributed by atoms with Crippen LogP contribution in [0, 0.1) is 0 Å². The molecule has 0 saturated carbocycles. The van der Waals surface area contributed by atoms with E-state index in [0.717, 1.165) is 6.04 Å². The van der Waals surface area contributed by atoms with Crippen LogP contribution < -0.4 is 14.2 Å². The predicted octanol–water partition coefficient (Wildman–Crippen LogP) is 4.61. The molecule has 0 unspecified atom stereocenters. The van der Waals surface area contributed by atoms with Gasteiger partial charge in [-0.3, -0.25) is 4.79 Å². The van der Waals surface area contributed by atoms with Crippen LogP contribution in [0.3, 0.4) is 0 Å². The van der Waals surface area contributed by atoms with E-state index in [4.69, 9.17) is 32.8 Å². The molecule has 0 amide bonds. The Labute approximate surface area is 196 Å². The van der Waals surface area contributed by atoms with E-state index in [2.05, 4.69) is 20.0 Å². The molecular weight excluding hydrogens is 444 g/mol. The molecule has 2 aromatic rings. The van der Waals surface area contributed by atoms with Crippen molar-refractivity contribution in [2.75, 3.05) is 41.7 Å². The van der Waals surface area contributed by atoms with Crippen molar-refractivity contribution in [2.24, 2.45) is 0 Å². The summed E-state index contributed by atoms with van der Waals surface area (Å²) in [5, 5.41) is 0. The van der Waals surface area contributed by atoms with Gasteiger partial charge in [-0.05, 0) is 25.2 Å². The smallest absolute Gasteiger partial charge is 0.200 e. The number of ketones is 1. The number of methoxy groups -OCH3 is 3. The van der Waals surface area contributed by atoms with Gasteiger partial charge >= 0.3 is 0 Å². The van der Waals surface area contributed by atoms with Crippen molar-refractivity contribution in [3.05, 3.63) is 53.1 Å². The number of rotatable bonds is 15. The van der Waals surface area contributed by atoms with Crippen molar-refractivity contribution in [3.8, 4) is 17.2 Å². The zero-order chi connectivity index (χ0) is 24.3. The Kier molecular flexibility index (Phi) is 10.8. The second-order valence-electron chi connectivity index (χ2n) is 7.82. The summed E-state index contributed by atoms with van der Waals surface area (Å²) < 4.78 is 39.2. The molecule has 0 spiro atoms. The maximum atomic E-state index is 13.6. The van der Waals surface area contributed by atoms with Crippen molar-refractivity contribution < 1.29 is 37.6 Å². The molecule has 33 heavy (non-hydrogen) atoms. The van der Waals surface area contributed by atoms with Gasteiger partial charge in [0.2, 0.25) is 5.78 Å². The summed E-state index contributed by atoms with van der Waals surface area (Å²) in [7, 11) is 2.66. The molecule has 0 atom stereocenters. The van der Waals surface area contributed by atoms with E-state index in [1.807, 2.05) is 6.07 Å². The fourth-order valence-electron chi connectivity index (χ4n) is 2.87. The highest BCUT2D eigenvalue weighted by atomic mass is 28.4. The maximum Gasteiger partial charge on any atom is 0.200 e. The molecule has 2 aromatic carbocycles. The summed E-state index contributed by atoms with van der Waals surface area (Å²) in [6.07, 6.45) is 0. The van der Waals surface area contributed by atoms with Crippen LogP contribution in [0.5, 0.6) is 17.2 Å². The summed E-state index contributed by atoms with van der Waals surface area (Å²) in [5.74, 6) is 0.562. The average Bonchev–Trinajstić information content (AvgIpc) is 2.83. The molecule has 0 aliphatic heterocycles. The molecule has 0 aliphatic carbocycles. The number of hydrogen-bond acceptors (Lipinski definition) is 8. The molecule has 0 fully saturated rings. The largest absolute Gasteiger partial charge is 0.467 e. The zero-order valence-corrected chi connectivity index (χ0v) is 21.3. The molecule has 0 aliphatic rings. The lowest BCUT2D eigenvalue weighted by atomic mass is 9.98. The second-order valence-corrected chi connectivity index (χ2v) is 12.3. The molecule has 9 heteroatoms. The van der Waals surface area contributed by atoms with Crippen molar-refractivity contribution in [1.29, 1.82) is 0 Å². The third-order valence-corrected chi connectivity index (χ3v) is 7.61. The minimum absolute atomic E-state index is 0.0395. The van der Waals surface area contributed by atoms with Gasteiger partial charge in [-0.1, -0.05) is 37.3 Å². The van der Waals surface area contributed by atoms with Crippen molar-refractivity contribution in [1.82, 2.24) is 0 Å². The first-order valence-electron chi connectivity index (χ1n) is 10.7. The van der Waals surface area contributed by atoms with Gasteiger partial charge in [-0.2, -0.15) is 0 Å². The van der Waals surface area contributed by atoms with E-state index < -0.39 is 8.32 Å². The van der Waals surface area contributed by atoms with E-state index in [-0.39, 0.29) is 44.1 Å². The van der Waals surface area contributed by atoms with Crippen molar-refractivity contribution >= 4 is 14.1 Å². The highest BCUT2D eigenvalue weighted by molar-refractivity contribution is 6.71. The minimum Gasteiger partial charge on any atom is -0.467 e. The van der Waals surface area contributed by atoms with Gasteiger partial charge in [-0.25, -0.2) is 0 Å². The van der Waals surface area contributed by atoms with Crippen LogP contribution >= 0.6 is 0 Å². The Bertz CT molecular complexity index is 886. The molecular formula is C24H34O8Si. The lowest BCUT2D eigenvalue weighted by molar-refractivity contribution is 0.0287. The highest BCUT2D eigenvalue weighted by Crippen LogP contribution is 2.43. The Morgan fingerprint density at radius 2 is 1.42 bits per heavy atom. The number of benzene rings is 2. The second kappa shape index (κ2) is 13.3. The molecule has 8 nitrogen and oxygen atoms in total. The fraction of sp³-hybridized carbons (Fsp3) is 0.458. The lowest BCUT2D eigenvalue weighted by Gasteiger charge is -2.25.